The normalized spacial score (nSPS) is 16.4. The molecule has 1 aliphatic carbocycles. The highest BCUT2D eigenvalue weighted by Gasteiger charge is 2.65. The molecule has 1 aromatic heterocycles. The number of hydrogen-bond acceptors (Lipinski definition) is 6. The van der Waals surface area contributed by atoms with Crippen molar-refractivity contribution in [3.63, 3.8) is 0 Å². The maximum Gasteiger partial charge on any atom is 0.501 e. The number of nitrogens with one attached hydrogen (secondary N) is 2. The predicted octanol–water partition coefficient (Wildman–Crippen LogP) is 4.20. The highest BCUT2D eigenvalue weighted by molar-refractivity contribution is 7.92. The molecule has 3 aromatic rings. The molecule has 0 unspecified atom stereocenters. The van der Waals surface area contributed by atoms with Crippen molar-refractivity contribution in [2.24, 2.45) is 0 Å². The molecule has 0 bridgehead atoms. The molecule has 1 saturated carbocycles. The average Bonchev–Trinajstić information content (AvgIpc) is 3.70. The van der Waals surface area contributed by atoms with Crippen LogP contribution < -0.4 is 15.5 Å². The van der Waals surface area contributed by atoms with Gasteiger partial charge in [0.15, 0.2) is 0 Å². The quantitative estimate of drug-likeness (QED) is 0.408. The number of pyridine rings is 1. The number of anilines is 2. The molecule has 208 valence electrons. The maximum absolute atomic E-state index is 13.3. The maximum atomic E-state index is 13.3. The topological polar surface area (TPSA) is 129 Å². The zero-order chi connectivity index (χ0) is 28.7. The van der Waals surface area contributed by atoms with Gasteiger partial charge in [0.2, 0.25) is 0 Å². The van der Waals surface area contributed by atoms with Gasteiger partial charge in [-0.2, -0.15) is 13.2 Å². The molecule has 5 rings (SSSR count). The van der Waals surface area contributed by atoms with Crippen molar-refractivity contribution in [1.29, 1.82) is 0 Å². The molecule has 2 aliphatic rings. The molecule has 1 spiro atoms. The molecule has 40 heavy (non-hydrogen) atoms. The summed E-state index contributed by atoms with van der Waals surface area (Å²) in [6, 6.07) is 14.7. The molecule has 2 heterocycles. The summed E-state index contributed by atoms with van der Waals surface area (Å²) < 4.78 is 62.0. The summed E-state index contributed by atoms with van der Waals surface area (Å²) in [6.45, 7) is 0.308. The van der Waals surface area contributed by atoms with Gasteiger partial charge in [0, 0.05) is 19.3 Å². The lowest BCUT2D eigenvalue weighted by Crippen LogP contribution is -2.36. The SMILES string of the molecule is O=C(NCc1ccccc1)Nc1cc(CN2C(=O)N(c3ccc(S(=O)(=O)C(F)(F)F)cc3)C(=O)C23CC3)ccn1. The minimum atomic E-state index is -5.58. The van der Waals surface area contributed by atoms with Gasteiger partial charge in [-0.3, -0.25) is 10.1 Å². The molecule has 14 heteroatoms. The second-order valence-electron chi connectivity index (χ2n) is 9.33. The van der Waals surface area contributed by atoms with E-state index >= 15 is 0 Å². The molecule has 2 aromatic carbocycles. The number of amides is 5. The third kappa shape index (κ3) is 4.97. The van der Waals surface area contributed by atoms with E-state index in [1.54, 1.807) is 12.1 Å². The number of alkyl halides is 3. The number of aromatic nitrogens is 1. The molecule has 10 nitrogen and oxygen atoms in total. The van der Waals surface area contributed by atoms with Gasteiger partial charge >= 0.3 is 17.6 Å². The number of nitrogens with zero attached hydrogens (tertiary/aromatic N) is 3. The van der Waals surface area contributed by atoms with Crippen LogP contribution in [0.5, 0.6) is 0 Å². The number of urea groups is 2. The van der Waals surface area contributed by atoms with Crippen LogP contribution in [0.3, 0.4) is 0 Å². The van der Waals surface area contributed by atoms with E-state index in [0.29, 0.717) is 37.1 Å². The number of sulfone groups is 1. The minimum absolute atomic E-state index is 0.00441. The van der Waals surface area contributed by atoms with Crippen LogP contribution in [0.1, 0.15) is 24.0 Å². The van der Waals surface area contributed by atoms with Crippen molar-refractivity contribution in [2.45, 2.75) is 41.9 Å². The Balaban J connectivity index is 1.29. The van der Waals surface area contributed by atoms with Crippen molar-refractivity contribution < 1.29 is 36.0 Å². The first-order valence-electron chi connectivity index (χ1n) is 12.0. The lowest BCUT2D eigenvalue weighted by Gasteiger charge is -2.21. The van der Waals surface area contributed by atoms with Crippen LogP contribution in [0.4, 0.5) is 34.3 Å². The first-order valence-corrected chi connectivity index (χ1v) is 13.5. The number of halogens is 3. The van der Waals surface area contributed by atoms with Gasteiger partial charge in [-0.25, -0.2) is 27.9 Å². The lowest BCUT2D eigenvalue weighted by atomic mass is 10.2. The van der Waals surface area contributed by atoms with Crippen molar-refractivity contribution >= 4 is 39.3 Å². The molecule has 1 saturated heterocycles. The smallest absolute Gasteiger partial charge is 0.334 e. The third-order valence-corrected chi connectivity index (χ3v) is 8.18. The van der Waals surface area contributed by atoms with E-state index in [9.17, 15) is 36.0 Å². The number of hydrogen-bond donors (Lipinski definition) is 2. The van der Waals surface area contributed by atoms with Crippen molar-refractivity contribution in [1.82, 2.24) is 15.2 Å². The fourth-order valence-corrected chi connectivity index (χ4v) is 5.20. The Morgan fingerprint density at radius 3 is 2.27 bits per heavy atom. The summed E-state index contributed by atoms with van der Waals surface area (Å²) in [5, 5.41) is 5.34. The van der Waals surface area contributed by atoms with Gasteiger partial charge < -0.3 is 10.2 Å². The average molecular weight is 574 g/mol. The van der Waals surface area contributed by atoms with Gasteiger partial charge in [0.05, 0.1) is 10.6 Å². The Labute approximate surface area is 226 Å². The van der Waals surface area contributed by atoms with Gasteiger partial charge in [0.25, 0.3) is 15.7 Å². The number of rotatable bonds is 7. The Bertz CT molecular complexity index is 1580. The highest BCUT2D eigenvalue weighted by atomic mass is 32.2. The zero-order valence-electron chi connectivity index (χ0n) is 20.7. The number of imide groups is 1. The second-order valence-corrected chi connectivity index (χ2v) is 11.3. The van der Waals surface area contributed by atoms with Crippen LogP contribution in [0.15, 0.2) is 77.8 Å². The van der Waals surface area contributed by atoms with Gasteiger partial charge in [-0.1, -0.05) is 30.3 Å². The summed E-state index contributed by atoms with van der Waals surface area (Å²) >= 11 is 0. The van der Waals surface area contributed by atoms with Crippen molar-refractivity contribution in [3.8, 4) is 0 Å². The van der Waals surface area contributed by atoms with E-state index in [4.69, 9.17) is 0 Å². The molecule has 2 fully saturated rings. The van der Waals surface area contributed by atoms with E-state index in [1.165, 1.54) is 11.1 Å². The number of carbonyl (C=O) groups is 3. The fourth-order valence-electron chi connectivity index (χ4n) is 4.43. The van der Waals surface area contributed by atoms with E-state index in [2.05, 4.69) is 15.6 Å². The van der Waals surface area contributed by atoms with Gasteiger partial charge in [-0.15, -0.1) is 0 Å². The first-order chi connectivity index (χ1) is 18.9. The van der Waals surface area contributed by atoms with Crippen LogP contribution in [0, 0.1) is 0 Å². The summed E-state index contributed by atoms with van der Waals surface area (Å²) in [4.78, 5) is 44.2. The van der Waals surface area contributed by atoms with Crippen molar-refractivity contribution in [3.05, 3.63) is 84.1 Å². The largest absolute Gasteiger partial charge is 0.501 e. The van der Waals surface area contributed by atoms with Crippen LogP contribution in [0.25, 0.3) is 0 Å². The lowest BCUT2D eigenvalue weighted by molar-refractivity contribution is -0.120. The Morgan fingerprint density at radius 1 is 0.975 bits per heavy atom. The zero-order valence-corrected chi connectivity index (χ0v) is 21.5. The van der Waals surface area contributed by atoms with E-state index in [-0.39, 0.29) is 18.1 Å². The minimum Gasteiger partial charge on any atom is -0.334 e. The number of benzene rings is 2. The van der Waals surface area contributed by atoms with Crippen LogP contribution in [-0.4, -0.2) is 47.3 Å². The Morgan fingerprint density at radius 2 is 1.65 bits per heavy atom. The summed E-state index contributed by atoms with van der Waals surface area (Å²) in [7, 11) is -5.58. The third-order valence-electron chi connectivity index (χ3n) is 6.68. The summed E-state index contributed by atoms with van der Waals surface area (Å²) in [6.07, 6.45) is 2.24. The standard InChI is InChI=1S/C26H22F3N5O5S/c27-26(28,29)40(38,39)20-8-6-19(7-9-20)34-22(35)25(11-12-25)33(24(34)37)16-18-10-13-30-21(14-18)32-23(36)31-15-17-4-2-1-3-5-17/h1-10,13-14H,11-12,15-16H2,(H2,30,31,32,36). The molecule has 2 N–H and O–H groups in total. The molecule has 0 radical (unpaired) electrons. The van der Waals surface area contributed by atoms with E-state index in [1.807, 2.05) is 30.3 Å². The van der Waals surface area contributed by atoms with E-state index in [0.717, 1.165) is 22.6 Å². The molecule has 5 amide bonds. The molecule has 1 aliphatic heterocycles. The van der Waals surface area contributed by atoms with Crippen LogP contribution in [0.2, 0.25) is 0 Å². The first kappa shape index (κ1) is 27.1. The van der Waals surface area contributed by atoms with Gasteiger partial charge in [0.1, 0.15) is 11.4 Å². The molecule has 0 atom stereocenters. The second kappa shape index (κ2) is 9.93. The summed E-state index contributed by atoms with van der Waals surface area (Å²) in [5.41, 5.74) is -5.14. The van der Waals surface area contributed by atoms with E-state index < -0.39 is 43.7 Å². The fraction of sp³-hybridized carbons (Fsp3) is 0.231. The Kier molecular flexibility index (Phi) is 6.74. The van der Waals surface area contributed by atoms with Crippen LogP contribution in [-0.2, 0) is 27.7 Å². The number of carbonyl (C=O) groups excluding carboxylic acids is 3. The monoisotopic (exact) mass is 573 g/mol. The predicted molar refractivity (Wildman–Crippen MR) is 137 cm³/mol. The molecular weight excluding hydrogens is 551 g/mol. The summed E-state index contributed by atoms with van der Waals surface area (Å²) in [5.74, 6) is -0.319. The Hall–Kier alpha value is -4.46. The van der Waals surface area contributed by atoms with Gasteiger partial charge in [-0.05, 0) is 60.4 Å². The van der Waals surface area contributed by atoms with Crippen molar-refractivity contribution in [2.75, 3.05) is 10.2 Å². The molecular formula is C26H22F3N5O5S. The highest BCUT2D eigenvalue weighted by Crippen LogP contribution is 2.49. The van der Waals surface area contributed by atoms with Crippen LogP contribution >= 0.6 is 0 Å².